The van der Waals surface area contributed by atoms with Gasteiger partial charge in [-0.2, -0.15) is 0 Å². The van der Waals surface area contributed by atoms with Crippen LogP contribution in [0.3, 0.4) is 0 Å². The maximum atomic E-state index is 11.1. The fraction of sp³-hybridized carbons (Fsp3) is 0.231. The van der Waals surface area contributed by atoms with Gasteiger partial charge in [0, 0.05) is 11.9 Å². The molecule has 0 unspecified atom stereocenters. The first-order valence-electron chi connectivity index (χ1n) is 5.55. The predicted molar refractivity (Wildman–Crippen MR) is 65.6 cm³/mol. The zero-order valence-electron chi connectivity index (χ0n) is 9.64. The van der Waals surface area contributed by atoms with Crippen LogP contribution in [0, 0.1) is 0 Å². The van der Waals surface area contributed by atoms with Gasteiger partial charge in [0.05, 0.1) is 11.2 Å². The summed E-state index contributed by atoms with van der Waals surface area (Å²) in [4.78, 5) is 15.5. The van der Waals surface area contributed by atoms with E-state index in [2.05, 4.69) is 10.3 Å². The molecule has 0 atom stereocenters. The molecule has 0 aliphatic carbocycles. The molecule has 1 amide bonds. The Balaban J connectivity index is 2.06. The monoisotopic (exact) mass is 230 g/mol. The summed E-state index contributed by atoms with van der Waals surface area (Å²) in [6.45, 7) is 2.59. The Morgan fingerprint density at radius 1 is 1.29 bits per heavy atom. The van der Waals surface area contributed by atoms with Crippen LogP contribution in [0.4, 0.5) is 4.79 Å². The second-order valence-corrected chi connectivity index (χ2v) is 3.60. The SMILES string of the molecule is CCNC(=O)OCc1ccc2ccccc2n1. The summed E-state index contributed by atoms with van der Waals surface area (Å²) in [5, 5.41) is 3.64. The Kier molecular flexibility index (Phi) is 3.55. The van der Waals surface area contributed by atoms with Gasteiger partial charge in [0.1, 0.15) is 6.61 Å². The third-order valence-electron chi connectivity index (χ3n) is 2.33. The van der Waals surface area contributed by atoms with Gasteiger partial charge in [0.25, 0.3) is 0 Å². The molecule has 0 saturated carbocycles. The van der Waals surface area contributed by atoms with Crippen molar-refractivity contribution in [1.82, 2.24) is 10.3 Å². The van der Waals surface area contributed by atoms with Gasteiger partial charge >= 0.3 is 6.09 Å². The van der Waals surface area contributed by atoms with Crippen LogP contribution in [-0.4, -0.2) is 17.6 Å². The molecule has 2 aromatic rings. The van der Waals surface area contributed by atoms with Gasteiger partial charge in [0.15, 0.2) is 0 Å². The van der Waals surface area contributed by atoms with Crippen molar-refractivity contribution in [3.05, 3.63) is 42.1 Å². The number of nitrogens with zero attached hydrogens (tertiary/aromatic N) is 1. The number of aromatic nitrogens is 1. The molecule has 0 bridgehead atoms. The van der Waals surface area contributed by atoms with Crippen molar-refractivity contribution in [3.8, 4) is 0 Å². The number of benzene rings is 1. The molecule has 17 heavy (non-hydrogen) atoms. The van der Waals surface area contributed by atoms with E-state index in [0.29, 0.717) is 6.54 Å². The van der Waals surface area contributed by atoms with Gasteiger partial charge in [-0.25, -0.2) is 9.78 Å². The molecule has 2 rings (SSSR count). The number of fused-ring (bicyclic) bond motifs is 1. The number of para-hydroxylation sites is 1. The van der Waals surface area contributed by atoms with Crippen molar-refractivity contribution < 1.29 is 9.53 Å². The maximum absolute atomic E-state index is 11.1. The minimum absolute atomic E-state index is 0.191. The molecule has 1 heterocycles. The fourth-order valence-electron chi connectivity index (χ4n) is 1.52. The van der Waals surface area contributed by atoms with E-state index < -0.39 is 6.09 Å². The Hall–Kier alpha value is -2.10. The molecule has 0 radical (unpaired) electrons. The first kappa shape index (κ1) is 11.4. The number of pyridine rings is 1. The predicted octanol–water partition coefficient (Wildman–Crippen LogP) is 2.48. The van der Waals surface area contributed by atoms with Crippen molar-refractivity contribution in [3.63, 3.8) is 0 Å². The molecule has 1 aromatic heterocycles. The first-order valence-corrected chi connectivity index (χ1v) is 5.55. The van der Waals surface area contributed by atoms with E-state index >= 15 is 0 Å². The van der Waals surface area contributed by atoms with E-state index in [0.717, 1.165) is 16.6 Å². The molecule has 0 spiro atoms. The smallest absolute Gasteiger partial charge is 0.407 e. The molecular weight excluding hydrogens is 216 g/mol. The van der Waals surface area contributed by atoms with Gasteiger partial charge in [-0.3, -0.25) is 0 Å². The average Bonchev–Trinajstić information content (AvgIpc) is 2.36. The van der Waals surface area contributed by atoms with Crippen LogP contribution < -0.4 is 5.32 Å². The van der Waals surface area contributed by atoms with Crippen LogP contribution in [0.25, 0.3) is 10.9 Å². The number of rotatable bonds is 3. The summed E-state index contributed by atoms with van der Waals surface area (Å²) in [6.07, 6.45) is -0.414. The van der Waals surface area contributed by atoms with E-state index in [1.54, 1.807) is 0 Å². The summed E-state index contributed by atoms with van der Waals surface area (Å²) < 4.78 is 5.00. The lowest BCUT2D eigenvalue weighted by Crippen LogP contribution is -2.23. The van der Waals surface area contributed by atoms with Crippen molar-refractivity contribution >= 4 is 17.0 Å². The van der Waals surface area contributed by atoms with Crippen molar-refractivity contribution in [1.29, 1.82) is 0 Å². The molecule has 1 aromatic carbocycles. The van der Waals surface area contributed by atoms with Crippen LogP contribution in [0.1, 0.15) is 12.6 Å². The number of carbonyl (C=O) groups is 1. The molecule has 0 saturated heterocycles. The lowest BCUT2D eigenvalue weighted by atomic mass is 10.2. The third kappa shape index (κ3) is 2.93. The highest BCUT2D eigenvalue weighted by Gasteiger charge is 2.02. The van der Waals surface area contributed by atoms with Crippen LogP contribution >= 0.6 is 0 Å². The van der Waals surface area contributed by atoms with Crippen molar-refractivity contribution in [2.45, 2.75) is 13.5 Å². The summed E-state index contributed by atoms with van der Waals surface area (Å²) >= 11 is 0. The first-order chi connectivity index (χ1) is 8.29. The average molecular weight is 230 g/mol. The topological polar surface area (TPSA) is 51.2 Å². The van der Waals surface area contributed by atoms with Crippen molar-refractivity contribution in [2.24, 2.45) is 0 Å². The minimum Gasteiger partial charge on any atom is -0.443 e. The van der Waals surface area contributed by atoms with Crippen LogP contribution in [0.15, 0.2) is 36.4 Å². The van der Waals surface area contributed by atoms with E-state index in [-0.39, 0.29) is 6.61 Å². The third-order valence-corrected chi connectivity index (χ3v) is 2.33. The van der Waals surface area contributed by atoms with E-state index in [1.165, 1.54) is 0 Å². The summed E-state index contributed by atoms with van der Waals surface area (Å²) in [6, 6.07) is 11.7. The second kappa shape index (κ2) is 5.30. The standard InChI is InChI=1S/C13H14N2O2/c1-2-14-13(16)17-9-11-8-7-10-5-3-4-6-12(10)15-11/h3-8H,2,9H2,1H3,(H,14,16). The number of ether oxygens (including phenoxy) is 1. The number of carbonyl (C=O) groups excluding carboxylic acids is 1. The number of nitrogens with one attached hydrogen (secondary N) is 1. The Labute approximate surface area is 99.6 Å². The highest BCUT2D eigenvalue weighted by molar-refractivity contribution is 5.78. The largest absolute Gasteiger partial charge is 0.443 e. The van der Waals surface area contributed by atoms with Crippen LogP contribution in [-0.2, 0) is 11.3 Å². The van der Waals surface area contributed by atoms with Crippen LogP contribution in [0.2, 0.25) is 0 Å². The number of alkyl carbamates (subject to hydrolysis) is 1. The number of hydrogen-bond donors (Lipinski definition) is 1. The molecular formula is C13H14N2O2. The fourth-order valence-corrected chi connectivity index (χ4v) is 1.52. The lowest BCUT2D eigenvalue weighted by molar-refractivity contribution is 0.139. The molecule has 0 fully saturated rings. The normalized spacial score (nSPS) is 10.2. The molecule has 0 aliphatic rings. The zero-order chi connectivity index (χ0) is 12.1. The van der Waals surface area contributed by atoms with Gasteiger partial charge in [-0.1, -0.05) is 24.3 Å². The minimum atomic E-state index is -0.414. The molecule has 4 heteroatoms. The molecule has 88 valence electrons. The second-order valence-electron chi connectivity index (χ2n) is 3.60. The van der Waals surface area contributed by atoms with Gasteiger partial charge < -0.3 is 10.1 Å². The van der Waals surface area contributed by atoms with Crippen LogP contribution in [0.5, 0.6) is 0 Å². The van der Waals surface area contributed by atoms with Gasteiger partial charge in [0.2, 0.25) is 0 Å². The van der Waals surface area contributed by atoms with Gasteiger partial charge in [-0.05, 0) is 19.1 Å². The lowest BCUT2D eigenvalue weighted by Gasteiger charge is -2.05. The highest BCUT2D eigenvalue weighted by atomic mass is 16.5. The zero-order valence-corrected chi connectivity index (χ0v) is 9.64. The number of amides is 1. The Morgan fingerprint density at radius 2 is 2.12 bits per heavy atom. The quantitative estimate of drug-likeness (QED) is 0.881. The Morgan fingerprint density at radius 3 is 2.94 bits per heavy atom. The van der Waals surface area contributed by atoms with E-state index in [9.17, 15) is 4.79 Å². The van der Waals surface area contributed by atoms with E-state index in [1.807, 2.05) is 43.3 Å². The van der Waals surface area contributed by atoms with Crippen molar-refractivity contribution in [2.75, 3.05) is 6.54 Å². The molecule has 0 aliphatic heterocycles. The molecule has 4 nitrogen and oxygen atoms in total. The number of hydrogen-bond acceptors (Lipinski definition) is 3. The summed E-state index contributed by atoms with van der Waals surface area (Å²) in [7, 11) is 0. The maximum Gasteiger partial charge on any atom is 0.407 e. The summed E-state index contributed by atoms with van der Waals surface area (Å²) in [5.74, 6) is 0. The van der Waals surface area contributed by atoms with Gasteiger partial charge in [-0.15, -0.1) is 0 Å². The molecule has 1 N–H and O–H groups in total. The summed E-state index contributed by atoms with van der Waals surface area (Å²) in [5.41, 5.74) is 1.65. The Bertz CT molecular complexity index is 526. The highest BCUT2D eigenvalue weighted by Crippen LogP contribution is 2.12. The van der Waals surface area contributed by atoms with E-state index in [4.69, 9.17) is 4.74 Å².